The molecule has 21 heteroatoms. The van der Waals surface area contributed by atoms with Crippen LogP contribution >= 0.6 is 0 Å². The molecule has 2 spiro atoms. The minimum absolute atomic E-state index is 0.0297. The third-order valence-corrected chi connectivity index (χ3v) is 16.9. The van der Waals surface area contributed by atoms with Gasteiger partial charge in [0.25, 0.3) is 0 Å². The van der Waals surface area contributed by atoms with Gasteiger partial charge in [0.15, 0.2) is 0 Å². The van der Waals surface area contributed by atoms with Crippen LogP contribution in [0, 0.1) is 17.8 Å². The molecule has 21 nitrogen and oxygen atoms in total. The molecule has 0 aliphatic carbocycles. The Kier molecular flexibility index (Phi) is 23.5. The average Bonchev–Trinajstić information content (AvgIpc) is 2.34. The molecule has 0 aromatic carbocycles. The largest absolute Gasteiger partial charge is 0.492 e. The summed E-state index contributed by atoms with van der Waals surface area (Å²) in [4.78, 5) is 79.9. The molecule has 0 bridgehead atoms. The van der Waals surface area contributed by atoms with Crippen LogP contribution < -0.4 is 21.2 Å². The minimum Gasteiger partial charge on any atom is -0.492 e. The molecular formula is C64H92N4O17. The fourth-order valence-corrected chi connectivity index (χ4v) is 11.9. The van der Waals surface area contributed by atoms with Crippen LogP contribution in [0.1, 0.15) is 152 Å². The molecule has 6 aliphatic heterocycles. The van der Waals surface area contributed by atoms with E-state index in [0.29, 0.717) is 62.0 Å². The van der Waals surface area contributed by atoms with E-state index in [9.17, 15) is 39.0 Å². The number of carbonyl (C=O) groups excluding carboxylic acids is 6. The lowest BCUT2D eigenvalue weighted by atomic mass is 9.88. The van der Waals surface area contributed by atoms with Crippen molar-refractivity contribution >= 4 is 35.6 Å². The van der Waals surface area contributed by atoms with E-state index in [0.717, 1.165) is 30.4 Å². The molecule has 7 rings (SSSR count). The molecule has 85 heavy (non-hydrogen) atoms. The Morgan fingerprint density at radius 2 is 1.18 bits per heavy atom. The van der Waals surface area contributed by atoms with E-state index in [2.05, 4.69) is 36.6 Å². The number of amides is 3. The zero-order chi connectivity index (χ0) is 61.8. The second-order valence-electron chi connectivity index (χ2n) is 24.9. The number of nitrogens with one attached hydrogen (secondary N) is 2. The third-order valence-electron chi connectivity index (χ3n) is 16.9. The number of esters is 2. The van der Waals surface area contributed by atoms with Crippen LogP contribution in [0.15, 0.2) is 78.0 Å². The zero-order valence-corrected chi connectivity index (χ0v) is 51.2. The summed E-state index contributed by atoms with van der Waals surface area (Å²) in [7, 11) is 0. The third kappa shape index (κ3) is 20.8. The highest BCUT2D eigenvalue weighted by Gasteiger charge is 2.52. The summed E-state index contributed by atoms with van der Waals surface area (Å²) in [6.45, 7) is 19.9. The van der Waals surface area contributed by atoms with Crippen molar-refractivity contribution in [1.29, 1.82) is 0 Å². The number of carbonyl (C=O) groups is 6. The van der Waals surface area contributed by atoms with E-state index in [1.165, 1.54) is 31.2 Å². The van der Waals surface area contributed by atoms with Crippen LogP contribution in [-0.2, 0) is 73.1 Å². The van der Waals surface area contributed by atoms with Gasteiger partial charge in [-0.3, -0.25) is 24.0 Å². The van der Waals surface area contributed by atoms with E-state index in [-0.39, 0.29) is 122 Å². The molecule has 3 amide bonds. The Balaban J connectivity index is 0.779. The summed E-state index contributed by atoms with van der Waals surface area (Å²) < 4.78 is 48.1. The van der Waals surface area contributed by atoms with Crippen molar-refractivity contribution in [3.8, 4) is 11.8 Å². The molecule has 6 fully saturated rings. The monoisotopic (exact) mass is 1190 g/mol. The first-order valence-corrected chi connectivity index (χ1v) is 30.3. The maximum absolute atomic E-state index is 13.3. The lowest BCUT2D eigenvalue weighted by molar-refractivity contribution is -0.152. The topological polar surface area (TPSA) is 288 Å². The van der Waals surface area contributed by atoms with E-state index in [1.807, 2.05) is 58.9 Å². The molecule has 0 radical (unpaired) electrons. The van der Waals surface area contributed by atoms with Gasteiger partial charge in [0.05, 0.1) is 98.2 Å². The zero-order valence-electron chi connectivity index (χ0n) is 51.2. The van der Waals surface area contributed by atoms with Crippen molar-refractivity contribution in [3.63, 3.8) is 0 Å². The van der Waals surface area contributed by atoms with Crippen molar-refractivity contribution in [2.45, 2.75) is 237 Å². The fraction of sp³-hybridized carbons (Fsp3) is 0.656. The minimum atomic E-state index is -0.720. The molecule has 6 saturated heterocycles. The number of hydrogen-bond donors (Lipinski definition) is 5. The first-order valence-electron chi connectivity index (χ1n) is 30.3. The average molecular weight is 1190 g/mol. The van der Waals surface area contributed by atoms with Crippen molar-refractivity contribution in [3.05, 3.63) is 83.5 Å². The van der Waals surface area contributed by atoms with Crippen molar-refractivity contribution in [2.75, 3.05) is 13.2 Å². The highest BCUT2D eigenvalue weighted by atomic mass is 16.7. The lowest BCUT2D eigenvalue weighted by Gasteiger charge is -2.39. The number of primary amides is 1. The van der Waals surface area contributed by atoms with Crippen molar-refractivity contribution in [2.24, 2.45) is 23.5 Å². The van der Waals surface area contributed by atoms with Crippen LogP contribution in [0.2, 0.25) is 0 Å². The van der Waals surface area contributed by atoms with Crippen LogP contribution in [0.5, 0.6) is 11.8 Å². The Labute approximate surface area is 500 Å². The van der Waals surface area contributed by atoms with Gasteiger partial charge in [-0.2, -0.15) is 0 Å². The maximum Gasteiger partial charge on any atom is 0.335 e. The summed E-state index contributed by atoms with van der Waals surface area (Å²) >= 11 is 0. The van der Waals surface area contributed by atoms with Gasteiger partial charge in [0.1, 0.15) is 12.2 Å². The van der Waals surface area contributed by atoms with Crippen LogP contribution in [0.4, 0.5) is 0 Å². The second kappa shape index (κ2) is 30.0. The molecule has 17 unspecified atom stereocenters. The number of hydrogen-bond acceptors (Lipinski definition) is 17. The SMILES string of the molecule is CC(=O)OC(C)C=CC(=O)NC1CC(C)C(CC=C(C)C=CC2CC3(CO3)CC(CC(=O)On3c(O)cc(CC(C)CCC(=O)OC(C)C=CC(=O)NC4CC(C)C(CC=C(C)C=CC5CC6(CO6)CC(CC(N)=O)O5)OC4C)c3O)O2)OC1C. The van der Waals surface area contributed by atoms with E-state index >= 15 is 0 Å². The lowest BCUT2D eigenvalue weighted by Crippen LogP contribution is -2.50. The van der Waals surface area contributed by atoms with Gasteiger partial charge in [-0.05, 0) is 110 Å². The van der Waals surface area contributed by atoms with Gasteiger partial charge in [0.2, 0.25) is 29.5 Å². The number of allylic oxidation sites excluding steroid dienone is 4. The van der Waals surface area contributed by atoms with Crippen LogP contribution in [0.3, 0.4) is 0 Å². The summed E-state index contributed by atoms with van der Waals surface area (Å²) in [5.74, 6) is -3.27. The van der Waals surface area contributed by atoms with Gasteiger partial charge in [-0.1, -0.05) is 68.4 Å². The number of aromatic nitrogens is 1. The summed E-state index contributed by atoms with van der Waals surface area (Å²) in [5, 5.41) is 27.8. The molecule has 1 aromatic heterocycles. The van der Waals surface area contributed by atoms with Crippen LogP contribution in [-0.4, -0.2) is 148 Å². The molecule has 7 heterocycles. The van der Waals surface area contributed by atoms with Crippen LogP contribution in [0.25, 0.3) is 0 Å². The number of nitrogens with zero attached hydrogens (tertiary/aromatic N) is 1. The van der Waals surface area contributed by atoms with E-state index < -0.39 is 53.6 Å². The molecule has 470 valence electrons. The fourth-order valence-electron chi connectivity index (χ4n) is 11.9. The van der Waals surface area contributed by atoms with Gasteiger partial charge in [-0.15, -0.1) is 4.73 Å². The molecule has 6 aliphatic rings. The van der Waals surface area contributed by atoms with E-state index in [1.54, 1.807) is 19.9 Å². The van der Waals surface area contributed by atoms with Gasteiger partial charge >= 0.3 is 17.9 Å². The Morgan fingerprint density at radius 1 is 0.694 bits per heavy atom. The van der Waals surface area contributed by atoms with Crippen molar-refractivity contribution in [1.82, 2.24) is 15.4 Å². The maximum atomic E-state index is 13.3. The smallest absolute Gasteiger partial charge is 0.335 e. The van der Waals surface area contributed by atoms with Gasteiger partial charge in [-0.25, -0.2) is 4.79 Å². The predicted octanol–water partition coefficient (Wildman–Crippen LogP) is 7.09. The second-order valence-corrected chi connectivity index (χ2v) is 24.9. The molecule has 6 N–H and O–H groups in total. The quantitative estimate of drug-likeness (QED) is 0.0268. The first-order chi connectivity index (χ1) is 40.2. The molecule has 1 aromatic rings. The number of aromatic hydroxyl groups is 2. The Hall–Kier alpha value is -6.10. The number of nitrogens with two attached hydrogens (primary N) is 1. The molecule has 17 atom stereocenters. The van der Waals surface area contributed by atoms with E-state index in [4.69, 9.17) is 48.5 Å². The first kappa shape index (κ1) is 66.4. The summed E-state index contributed by atoms with van der Waals surface area (Å²) in [5.41, 5.74) is 7.22. The standard InChI is InChI=1S/C64H92N4O17/c1-37(11-18-48-31-63(35-77-63)33-50(83-48)29-56(65)70)13-20-54-41(5)27-53(45(9)82-54)67-58(72)23-17-43(7)80-60(74)24-15-39(3)25-47-28-59(73)68(62(47)76)85-61(75)30-51-34-64(36-78-64)32-49(84-51)19-12-38(2)14-21-55-40(4)26-52(44(8)81-55)66-57(71)22-16-42(6)79-46(10)69/h11-14,16-19,22-23,28,39-45,48-55,73,76H,15,20-21,24-27,29-36H2,1-10H3,(H2,65,70)(H,66,71)(H,67,72). The number of rotatable bonds is 26. The Morgan fingerprint density at radius 3 is 1.65 bits per heavy atom. The number of epoxide rings is 2. The normalized spacial score (nSPS) is 32.6. The highest BCUT2D eigenvalue weighted by molar-refractivity contribution is 5.88. The highest BCUT2D eigenvalue weighted by Crippen LogP contribution is 2.44. The predicted molar refractivity (Wildman–Crippen MR) is 313 cm³/mol. The van der Waals surface area contributed by atoms with Gasteiger partial charge in [0, 0.05) is 62.8 Å². The van der Waals surface area contributed by atoms with Crippen molar-refractivity contribution < 1.29 is 81.7 Å². The summed E-state index contributed by atoms with van der Waals surface area (Å²) in [6.07, 6.45) is 21.2. The Bertz CT molecular complexity index is 2700. The summed E-state index contributed by atoms with van der Waals surface area (Å²) in [6, 6.07) is 0.948. The number of ether oxygens (including phenoxy) is 8. The molecule has 0 saturated carbocycles. The van der Waals surface area contributed by atoms with Gasteiger partial charge < -0.3 is 69.3 Å². The molecular weight excluding hydrogens is 1100 g/mol.